The van der Waals surface area contributed by atoms with Crippen molar-refractivity contribution in [1.82, 2.24) is 0 Å². The number of nitrogens with two attached hydrogens (primary N) is 1. The van der Waals surface area contributed by atoms with Crippen molar-refractivity contribution < 1.29 is 4.74 Å². The summed E-state index contributed by atoms with van der Waals surface area (Å²) >= 11 is 1.79. The van der Waals surface area contributed by atoms with Crippen LogP contribution < -0.4 is 10.6 Å². The molecule has 84 valence electrons. The Morgan fingerprint density at radius 3 is 2.73 bits per heavy atom. The molecule has 0 spiro atoms. The lowest BCUT2D eigenvalue weighted by Gasteiger charge is -2.43. The van der Waals surface area contributed by atoms with E-state index >= 15 is 0 Å². The molecule has 0 aromatic carbocycles. The molecule has 3 nitrogen and oxygen atoms in total. The summed E-state index contributed by atoms with van der Waals surface area (Å²) in [6, 6.07) is 2.16. The van der Waals surface area contributed by atoms with Gasteiger partial charge in [-0.15, -0.1) is 11.3 Å². The minimum atomic E-state index is 0.186. The fourth-order valence-electron chi connectivity index (χ4n) is 2.00. The number of thiophene rings is 1. The molecule has 15 heavy (non-hydrogen) atoms. The monoisotopic (exact) mass is 226 g/mol. The SMILES string of the molecule is Cc1ccsc1N(C)CC1(CN)COC1. The van der Waals surface area contributed by atoms with Crippen LogP contribution >= 0.6 is 11.3 Å². The van der Waals surface area contributed by atoms with Crippen LogP contribution in [-0.2, 0) is 4.74 Å². The number of hydrogen-bond donors (Lipinski definition) is 1. The maximum Gasteiger partial charge on any atom is 0.0935 e. The highest BCUT2D eigenvalue weighted by molar-refractivity contribution is 7.14. The van der Waals surface area contributed by atoms with Crippen molar-refractivity contribution in [3.8, 4) is 0 Å². The van der Waals surface area contributed by atoms with E-state index in [0.717, 1.165) is 19.8 Å². The summed E-state index contributed by atoms with van der Waals surface area (Å²) in [5.74, 6) is 0. The second kappa shape index (κ2) is 4.12. The van der Waals surface area contributed by atoms with Crippen molar-refractivity contribution in [2.75, 3.05) is 38.3 Å². The first-order valence-electron chi connectivity index (χ1n) is 5.20. The normalized spacial score (nSPS) is 18.6. The molecule has 0 amide bonds. The van der Waals surface area contributed by atoms with Crippen molar-refractivity contribution in [2.24, 2.45) is 11.1 Å². The van der Waals surface area contributed by atoms with Crippen LogP contribution in [0, 0.1) is 12.3 Å². The molecule has 2 N–H and O–H groups in total. The van der Waals surface area contributed by atoms with E-state index in [0.29, 0.717) is 6.54 Å². The van der Waals surface area contributed by atoms with E-state index in [1.165, 1.54) is 10.6 Å². The summed E-state index contributed by atoms with van der Waals surface area (Å²) in [6.45, 7) is 5.46. The van der Waals surface area contributed by atoms with Gasteiger partial charge < -0.3 is 15.4 Å². The Morgan fingerprint density at radius 2 is 2.33 bits per heavy atom. The molecule has 0 saturated carbocycles. The topological polar surface area (TPSA) is 38.5 Å². The molecule has 2 rings (SSSR count). The van der Waals surface area contributed by atoms with E-state index < -0.39 is 0 Å². The third kappa shape index (κ3) is 2.02. The molecule has 1 saturated heterocycles. The summed E-state index contributed by atoms with van der Waals surface area (Å²) in [6.07, 6.45) is 0. The molecule has 0 radical (unpaired) electrons. The van der Waals surface area contributed by atoms with E-state index in [2.05, 4.69) is 30.3 Å². The van der Waals surface area contributed by atoms with Gasteiger partial charge >= 0.3 is 0 Å². The van der Waals surface area contributed by atoms with E-state index in [9.17, 15) is 0 Å². The molecular formula is C11H18N2OS. The summed E-state index contributed by atoms with van der Waals surface area (Å²) in [5, 5.41) is 3.47. The Labute approximate surface area is 94.8 Å². The Kier molecular flexibility index (Phi) is 3.00. The molecule has 2 heterocycles. The van der Waals surface area contributed by atoms with Crippen LogP contribution in [0.15, 0.2) is 11.4 Å². The minimum Gasteiger partial charge on any atom is -0.380 e. The van der Waals surface area contributed by atoms with Crippen molar-refractivity contribution in [3.63, 3.8) is 0 Å². The highest BCUT2D eigenvalue weighted by Gasteiger charge is 2.38. The molecule has 1 aliphatic heterocycles. The van der Waals surface area contributed by atoms with Crippen molar-refractivity contribution in [2.45, 2.75) is 6.92 Å². The maximum absolute atomic E-state index is 5.81. The molecule has 1 aromatic heterocycles. The molecule has 0 unspecified atom stereocenters. The van der Waals surface area contributed by atoms with Crippen molar-refractivity contribution in [1.29, 1.82) is 0 Å². The van der Waals surface area contributed by atoms with Crippen LogP contribution in [0.1, 0.15) is 5.56 Å². The smallest absolute Gasteiger partial charge is 0.0935 e. The lowest BCUT2D eigenvalue weighted by Crippen LogP contribution is -2.54. The maximum atomic E-state index is 5.81. The number of nitrogens with zero attached hydrogens (tertiary/aromatic N) is 1. The van der Waals surface area contributed by atoms with Gasteiger partial charge in [-0.3, -0.25) is 0 Å². The molecule has 4 heteroatoms. The lowest BCUT2D eigenvalue weighted by molar-refractivity contribution is -0.101. The Balaban J connectivity index is 2.03. The van der Waals surface area contributed by atoms with Crippen LogP contribution in [0.5, 0.6) is 0 Å². The lowest BCUT2D eigenvalue weighted by atomic mass is 9.85. The van der Waals surface area contributed by atoms with Crippen LogP contribution in [0.3, 0.4) is 0 Å². The number of anilines is 1. The van der Waals surface area contributed by atoms with Gasteiger partial charge in [0.2, 0.25) is 0 Å². The van der Waals surface area contributed by atoms with Gasteiger partial charge in [0.1, 0.15) is 0 Å². The van der Waals surface area contributed by atoms with Gasteiger partial charge in [-0.2, -0.15) is 0 Å². The quantitative estimate of drug-likeness (QED) is 0.845. The Morgan fingerprint density at radius 1 is 1.60 bits per heavy atom. The number of rotatable bonds is 4. The van der Waals surface area contributed by atoms with Gasteiger partial charge in [0.05, 0.1) is 18.2 Å². The summed E-state index contributed by atoms with van der Waals surface area (Å²) < 4.78 is 5.27. The number of ether oxygens (including phenoxy) is 1. The average Bonchev–Trinajstić information content (AvgIpc) is 2.58. The zero-order valence-corrected chi connectivity index (χ0v) is 10.1. The molecular weight excluding hydrogens is 208 g/mol. The number of aryl methyl sites for hydroxylation is 1. The second-order valence-electron chi connectivity index (χ2n) is 4.46. The Bertz CT molecular complexity index is 328. The van der Waals surface area contributed by atoms with Gasteiger partial charge in [-0.05, 0) is 23.9 Å². The van der Waals surface area contributed by atoms with Crippen molar-refractivity contribution >= 4 is 16.3 Å². The van der Waals surface area contributed by atoms with Crippen LogP contribution in [0.4, 0.5) is 5.00 Å². The third-order valence-electron chi connectivity index (χ3n) is 3.00. The van der Waals surface area contributed by atoms with Gasteiger partial charge in [0, 0.05) is 25.6 Å². The van der Waals surface area contributed by atoms with Gasteiger partial charge in [-0.25, -0.2) is 0 Å². The molecule has 1 fully saturated rings. The minimum absolute atomic E-state index is 0.186. The molecule has 0 aliphatic carbocycles. The van der Waals surface area contributed by atoms with Gasteiger partial charge in [0.15, 0.2) is 0 Å². The average molecular weight is 226 g/mol. The first-order chi connectivity index (χ1) is 7.17. The summed E-state index contributed by atoms with van der Waals surface area (Å²) in [5.41, 5.74) is 7.33. The fourth-order valence-corrected chi connectivity index (χ4v) is 2.89. The largest absolute Gasteiger partial charge is 0.380 e. The Hall–Kier alpha value is -0.580. The van der Waals surface area contributed by atoms with Crippen LogP contribution in [-0.4, -0.2) is 33.4 Å². The van der Waals surface area contributed by atoms with E-state index in [1.807, 2.05) is 0 Å². The summed E-state index contributed by atoms with van der Waals surface area (Å²) in [4.78, 5) is 2.30. The fraction of sp³-hybridized carbons (Fsp3) is 0.636. The second-order valence-corrected chi connectivity index (χ2v) is 5.36. The van der Waals surface area contributed by atoms with Crippen LogP contribution in [0.25, 0.3) is 0 Å². The zero-order valence-electron chi connectivity index (χ0n) is 9.32. The molecule has 1 aromatic rings. The predicted molar refractivity (Wildman–Crippen MR) is 64.6 cm³/mol. The highest BCUT2D eigenvalue weighted by Crippen LogP contribution is 2.32. The van der Waals surface area contributed by atoms with Gasteiger partial charge in [0.25, 0.3) is 0 Å². The first kappa shape index (κ1) is 10.9. The predicted octanol–water partition coefficient (Wildman–Crippen LogP) is 1.47. The first-order valence-corrected chi connectivity index (χ1v) is 6.08. The summed E-state index contributed by atoms with van der Waals surface area (Å²) in [7, 11) is 2.13. The molecule has 1 aliphatic rings. The third-order valence-corrected chi connectivity index (χ3v) is 4.13. The number of hydrogen-bond acceptors (Lipinski definition) is 4. The van der Waals surface area contributed by atoms with E-state index in [4.69, 9.17) is 10.5 Å². The zero-order chi connectivity index (χ0) is 10.9. The molecule has 0 atom stereocenters. The highest BCUT2D eigenvalue weighted by atomic mass is 32.1. The standard InChI is InChI=1S/C11H18N2OS/c1-9-3-4-15-10(9)13(2)6-11(5-12)7-14-8-11/h3-4H,5-8,12H2,1-2H3. The van der Waals surface area contributed by atoms with Crippen LogP contribution in [0.2, 0.25) is 0 Å². The molecule has 0 bridgehead atoms. The van der Waals surface area contributed by atoms with Gasteiger partial charge in [-0.1, -0.05) is 0 Å². The van der Waals surface area contributed by atoms with E-state index in [-0.39, 0.29) is 5.41 Å². The van der Waals surface area contributed by atoms with E-state index in [1.54, 1.807) is 11.3 Å². The van der Waals surface area contributed by atoms with Crippen molar-refractivity contribution in [3.05, 3.63) is 17.0 Å².